The Labute approximate surface area is 217 Å². The summed E-state index contributed by atoms with van der Waals surface area (Å²) in [5.74, 6) is -0.199. The van der Waals surface area contributed by atoms with Crippen molar-refractivity contribution in [1.82, 2.24) is 5.32 Å². The molecule has 2 aromatic rings. The van der Waals surface area contributed by atoms with Crippen LogP contribution in [-0.4, -0.2) is 49.9 Å². The first-order valence-electron chi connectivity index (χ1n) is 11.9. The average molecular weight is 562 g/mol. The third-order valence-electron chi connectivity index (χ3n) is 7.15. The summed E-state index contributed by atoms with van der Waals surface area (Å²) >= 11 is 3.40. The first kappa shape index (κ1) is 24.5. The molecule has 36 heavy (non-hydrogen) atoms. The maximum atomic E-state index is 13.1. The van der Waals surface area contributed by atoms with Crippen molar-refractivity contribution in [3.63, 3.8) is 0 Å². The van der Waals surface area contributed by atoms with E-state index in [4.69, 9.17) is 23.7 Å². The van der Waals surface area contributed by atoms with Crippen LogP contribution in [0.2, 0.25) is 0 Å². The second-order valence-electron chi connectivity index (χ2n) is 9.10. The highest BCUT2D eigenvalue weighted by Gasteiger charge is 2.53. The molecule has 192 valence electrons. The summed E-state index contributed by atoms with van der Waals surface area (Å²) in [7, 11) is 2.91. The molecule has 1 saturated heterocycles. The van der Waals surface area contributed by atoms with Crippen molar-refractivity contribution in [2.24, 2.45) is 11.8 Å². The number of phenolic OH excluding ortho intramolecular Hbond substituents is 1. The van der Waals surface area contributed by atoms with Gasteiger partial charge in [0.2, 0.25) is 18.4 Å². The number of hydrogen-bond acceptors (Lipinski definition) is 8. The van der Waals surface area contributed by atoms with Gasteiger partial charge < -0.3 is 34.1 Å². The number of phenols is 1. The largest absolute Gasteiger partial charge is 0.502 e. The van der Waals surface area contributed by atoms with Gasteiger partial charge in [0.05, 0.1) is 32.8 Å². The second-order valence-corrected chi connectivity index (χ2v) is 9.89. The van der Waals surface area contributed by atoms with Gasteiger partial charge >= 0.3 is 5.97 Å². The number of amides is 1. The van der Waals surface area contributed by atoms with Crippen LogP contribution in [0.4, 0.5) is 0 Å². The van der Waals surface area contributed by atoms with E-state index >= 15 is 0 Å². The van der Waals surface area contributed by atoms with Gasteiger partial charge in [0.1, 0.15) is 0 Å². The molecular formula is C26H28BrNO8. The van der Waals surface area contributed by atoms with Crippen molar-refractivity contribution in [3.05, 3.63) is 41.0 Å². The number of rotatable bonds is 8. The summed E-state index contributed by atoms with van der Waals surface area (Å²) < 4.78 is 27.6. The van der Waals surface area contributed by atoms with Gasteiger partial charge in [0, 0.05) is 23.6 Å². The van der Waals surface area contributed by atoms with Gasteiger partial charge in [0.25, 0.3) is 0 Å². The number of alkyl halides is 1. The number of unbranched alkanes of at least 4 members (excludes halogenated alkanes) is 1. The Hall–Kier alpha value is -3.14. The predicted octanol–water partition coefficient (Wildman–Crippen LogP) is 3.80. The maximum absolute atomic E-state index is 13.1. The van der Waals surface area contributed by atoms with Crippen LogP contribution >= 0.6 is 15.9 Å². The van der Waals surface area contributed by atoms with E-state index in [9.17, 15) is 14.7 Å². The Morgan fingerprint density at radius 1 is 1.06 bits per heavy atom. The fraction of sp³-hybridized carbons (Fsp3) is 0.462. The quantitative estimate of drug-likeness (QED) is 0.284. The summed E-state index contributed by atoms with van der Waals surface area (Å²) in [5.41, 5.74) is 2.39. The number of halogens is 1. The zero-order chi connectivity index (χ0) is 25.4. The molecule has 2 heterocycles. The van der Waals surface area contributed by atoms with E-state index in [1.165, 1.54) is 14.2 Å². The van der Waals surface area contributed by atoms with Crippen molar-refractivity contribution < 1.29 is 38.4 Å². The molecule has 10 heteroatoms. The Kier molecular flexibility index (Phi) is 6.87. The fourth-order valence-corrected chi connectivity index (χ4v) is 5.86. The normalized spacial score (nSPS) is 23.5. The van der Waals surface area contributed by atoms with Crippen molar-refractivity contribution in [2.45, 2.75) is 31.2 Å². The van der Waals surface area contributed by atoms with E-state index < -0.39 is 17.9 Å². The Morgan fingerprint density at radius 3 is 2.36 bits per heavy atom. The molecule has 2 aliphatic heterocycles. The molecule has 4 atom stereocenters. The summed E-state index contributed by atoms with van der Waals surface area (Å²) in [6.45, 7) is 0.287. The Balaban J connectivity index is 1.64. The number of esters is 1. The molecule has 2 unspecified atom stereocenters. The molecule has 1 aliphatic carbocycles. The van der Waals surface area contributed by atoms with E-state index in [0.717, 1.165) is 34.9 Å². The van der Waals surface area contributed by atoms with E-state index in [0.29, 0.717) is 17.9 Å². The van der Waals surface area contributed by atoms with Gasteiger partial charge in [-0.3, -0.25) is 9.59 Å². The predicted molar refractivity (Wildman–Crippen MR) is 132 cm³/mol. The Morgan fingerprint density at radius 2 is 1.72 bits per heavy atom. The van der Waals surface area contributed by atoms with Gasteiger partial charge in [0.15, 0.2) is 23.0 Å². The fourth-order valence-electron chi connectivity index (χ4n) is 5.47. The lowest BCUT2D eigenvalue weighted by Crippen LogP contribution is -2.42. The van der Waals surface area contributed by atoms with Crippen LogP contribution < -0.4 is 24.3 Å². The van der Waals surface area contributed by atoms with Crippen molar-refractivity contribution >= 4 is 27.8 Å². The number of methoxy groups -OCH3 is 2. The molecule has 0 radical (unpaired) electrons. The highest BCUT2D eigenvalue weighted by molar-refractivity contribution is 9.09. The van der Waals surface area contributed by atoms with Gasteiger partial charge in [-0.25, -0.2) is 0 Å². The highest BCUT2D eigenvalue weighted by atomic mass is 79.9. The van der Waals surface area contributed by atoms with Crippen LogP contribution in [0.5, 0.6) is 28.7 Å². The van der Waals surface area contributed by atoms with E-state index in [-0.39, 0.29) is 48.4 Å². The van der Waals surface area contributed by atoms with Crippen LogP contribution in [-0.2, 0) is 14.3 Å². The van der Waals surface area contributed by atoms with Crippen LogP contribution in [0.25, 0.3) is 0 Å². The lowest BCUT2D eigenvalue weighted by molar-refractivity contribution is -0.141. The summed E-state index contributed by atoms with van der Waals surface area (Å²) in [4.78, 5) is 26.0. The molecular weight excluding hydrogens is 534 g/mol. The van der Waals surface area contributed by atoms with E-state index in [2.05, 4.69) is 21.2 Å². The third kappa shape index (κ3) is 4.21. The van der Waals surface area contributed by atoms with Gasteiger partial charge in [-0.2, -0.15) is 0 Å². The molecule has 0 aromatic heterocycles. The zero-order valence-corrected chi connectivity index (χ0v) is 21.6. The van der Waals surface area contributed by atoms with Crippen molar-refractivity contribution in [3.8, 4) is 28.7 Å². The molecule has 1 amide bonds. The second kappa shape index (κ2) is 10.1. The zero-order valence-electron chi connectivity index (χ0n) is 20.0. The molecule has 0 spiro atoms. The number of carbonyl (C=O) groups is 2. The monoisotopic (exact) mass is 561 g/mol. The van der Waals surface area contributed by atoms with Crippen LogP contribution in [0.3, 0.4) is 0 Å². The first-order valence-corrected chi connectivity index (χ1v) is 13.0. The minimum absolute atomic E-state index is 0.0749. The molecule has 1 fully saturated rings. The third-order valence-corrected chi connectivity index (χ3v) is 7.71. The molecule has 2 N–H and O–H groups in total. The van der Waals surface area contributed by atoms with Crippen molar-refractivity contribution in [1.29, 1.82) is 0 Å². The minimum Gasteiger partial charge on any atom is -0.502 e. The highest BCUT2D eigenvalue weighted by Crippen LogP contribution is 2.55. The van der Waals surface area contributed by atoms with Crippen LogP contribution in [0, 0.1) is 11.8 Å². The number of nitrogens with one attached hydrogen (secondary N) is 1. The first-order chi connectivity index (χ1) is 17.5. The number of hydrogen-bond donors (Lipinski definition) is 2. The summed E-state index contributed by atoms with van der Waals surface area (Å²) in [6.07, 6.45) is 2.05. The molecule has 0 saturated carbocycles. The van der Waals surface area contributed by atoms with E-state index in [1.54, 1.807) is 12.1 Å². The summed E-state index contributed by atoms with van der Waals surface area (Å²) in [6, 6.07) is 6.75. The molecule has 9 nitrogen and oxygen atoms in total. The Bertz CT molecular complexity index is 1160. The summed E-state index contributed by atoms with van der Waals surface area (Å²) in [5, 5.41) is 14.5. The average Bonchev–Trinajstić information content (AvgIpc) is 3.49. The minimum atomic E-state index is -0.565. The standard InChI is InChI=1S/C26H28BrNO8/c1-32-19-7-13(8-20(33-2)25(19)30)22-14-9-17-18(36-12-35-17)10-15(14)24(16-11-34-26(31)23(16)22)28-21(29)5-3-4-6-27/h7-10,16,22-24,30H,3-6,11-12H2,1-2H3,(H,28,29)/t16-,22?,23?,24+/m0/s1. The number of ether oxygens (including phenoxy) is 5. The SMILES string of the molecule is COc1cc(C2c3cc4c(cc3[C@@H](NC(=O)CCCCBr)[C@H]3COC(=O)C23)OCO4)cc(OC)c1O. The molecule has 0 bridgehead atoms. The number of aromatic hydroxyl groups is 1. The molecule has 2 aromatic carbocycles. The van der Waals surface area contributed by atoms with Gasteiger partial charge in [-0.15, -0.1) is 0 Å². The molecule has 5 rings (SSSR count). The smallest absolute Gasteiger partial charge is 0.310 e. The number of fused-ring (bicyclic) bond motifs is 3. The number of carbonyl (C=O) groups excluding carboxylic acids is 2. The topological polar surface area (TPSA) is 113 Å². The van der Waals surface area contributed by atoms with E-state index in [1.807, 2.05) is 12.1 Å². The molecule has 3 aliphatic rings. The maximum Gasteiger partial charge on any atom is 0.310 e. The van der Waals surface area contributed by atoms with Gasteiger partial charge in [-0.1, -0.05) is 15.9 Å². The van der Waals surface area contributed by atoms with Crippen LogP contribution in [0.15, 0.2) is 24.3 Å². The van der Waals surface area contributed by atoms with Crippen LogP contribution in [0.1, 0.15) is 47.9 Å². The van der Waals surface area contributed by atoms with Gasteiger partial charge in [-0.05, 0) is 53.8 Å². The lowest BCUT2D eigenvalue weighted by Gasteiger charge is -2.39. The number of cyclic esters (lactones) is 1. The number of benzene rings is 2. The lowest BCUT2D eigenvalue weighted by atomic mass is 9.65. The van der Waals surface area contributed by atoms with Crippen molar-refractivity contribution in [2.75, 3.05) is 32.9 Å².